The summed E-state index contributed by atoms with van der Waals surface area (Å²) in [4.78, 5) is 0. The largest absolute Gasteiger partial charge is 0.140 e. The zero-order valence-corrected chi connectivity index (χ0v) is 11.1. The van der Waals surface area contributed by atoms with Gasteiger partial charge < -0.3 is 0 Å². The van der Waals surface area contributed by atoms with E-state index in [0.717, 1.165) is 12.0 Å². The Morgan fingerprint density at radius 3 is 2.07 bits per heavy atom. The van der Waals surface area contributed by atoms with Gasteiger partial charge in [-0.2, -0.15) is 0 Å². The van der Waals surface area contributed by atoms with Crippen LogP contribution in [0.4, 0.5) is 0 Å². The molecule has 0 aliphatic heterocycles. The van der Waals surface area contributed by atoms with E-state index < -0.39 is 8.67 Å². The monoisotopic (exact) mass is 272 g/mol. The third kappa shape index (κ3) is 3.34. The van der Waals surface area contributed by atoms with E-state index in [-0.39, 0.29) is 5.92 Å². The minimum absolute atomic E-state index is 0.116. The van der Waals surface area contributed by atoms with Crippen molar-refractivity contribution in [2.24, 2.45) is 5.92 Å². The molecule has 1 atom stereocenters. The Labute approximate surface area is 105 Å². The Bertz CT molecular complexity index is 265. The van der Waals surface area contributed by atoms with E-state index in [1.807, 2.05) is 18.2 Å². The zero-order chi connectivity index (χ0) is 11.0. The molecule has 1 aliphatic carbocycles. The van der Waals surface area contributed by atoms with Gasteiger partial charge in [-0.3, -0.25) is 0 Å². The van der Waals surface area contributed by atoms with Crippen molar-refractivity contribution in [2.45, 2.75) is 28.9 Å². The number of alkyl halides is 4. The molecule has 0 aromatic rings. The van der Waals surface area contributed by atoms with Gasteiger partial charge in [0.1, 0.15) is 8.67 Å². The van der Waals surface area contributed by atoms with Crippen LogP contribution >= 0.6 is 46.4 Å². The third-order valence-corrected chi connectivity index (χ3v) is 3.25. The highest BCUT2D eigenvalue weighted by molar-refractivity contribution is 6.50. The summed E-state index contributed by atoms with van der Waals surface area (Å²) >= 11 is 23.9. The number of rotatable bonds is 2. The number of allylic oxidation sites excluding steroid dienone is 4. The van der Waals surface area contributed by atoms with Crippen LogP contribution in [0.25, 0.3) is 0 Å². The van der Waals surface area contributed by atoms with Gasteiger partial charge in [0, 0.05) is 5.92 Å². The second-order valence-corrected chi connectivity index (χ2v) is 7.17. The summed E-state index contributed by atoms with van der Waals surface area (Å²) in [7, 11) is 0. The summed E-state index contributed by atoms with van der Waals surface area (Å²) in [6, 6.07) is 0. The van der Waals surface area contributed by atoms with E-state index in [0.29, 0.717) is 0 Å². The van der Waals surface area contributed by atoms with Crippen molar-refractivity contribution < 1.29 is 0 Å². The minimum Gasteiger partial charge on any atom is -0.101 e. The molecule has 1 rings (SSSR count). The average Bonchev–Trinajstić information content (AvgIpc) is 2.01. The van der Waals surface area contributed by atoms with Crippen LogP contribution in [0.2, 0.25) is 0 Å². The highest BCUT2D eigenvalue weighted by Gasteiger charge is 2.30. The maximum Gasteiger partial charge on any atom is 0.140 e. The molecule has 0 amide bonds. The first-order valence-electron chi connectivity index (χ1n) is 4.36. The number of hydrogen-bond acceptors (Lipinski definition) is 0. The van der Waals surface area contributed by atoms with Crippen LogP contribution < -0.4 is 0 Å². The molecule has 0 aromatic heterocycles. The van der Waals surface area contributed by atoms with Gasteiger partial charge in [-0.25, -0.2) is 0 Å². The fourth-order valence-corrected chi connectivity index (χ4v) is 1.93. The second-order valence-electron chi connectivity index (χ2n) is 3.71. The molecule has 80 valence electrons. The topological polar surface area (TPSA) is 0 Å². The molecule has 4 heteroatoms. The predicted octanol–water partition coefficient (Wildman–Crippen LogP) is 4.88. The smallest absolute Gasteiger partial charge is 0.101 e. The molecule has 0 bridgehead atoms. The maximum atomic E-state index is 5.99. The molecular formula is C10H12Cl4. The lowest BCUT2D eigenvalue weighted by Gasteiger charge is -2.27. The van der Waals surface area contributed by atoms with E-state index in [4.69, 9.17) is 46.4 Å². The van der Waals surface area contributed by atoms with Crippen molar-refractivity contribution in [1.82, 2.24) is 0 Å². The molecule has 0 fully saturated rings. The SMILES string of the molecule is CC(Cl)(Cl)C1=CCC(C(C)(Cl)Cl)C=C1. The highest BCUT2D eigenvalue weighted by atomic mass is 35.5. The summed E-state index contributed by atoms with van der Waals surface area (Å²) in [5.41, 5.74) is 0.898. The lowest BCUT2D eigenvalue weighted by atomic mass is 9.93. The first-order chi connectivity index (χ1) is 6.21. The normalized spacial score (nSPS) is 23.6. The Hall–Kier alpha value is 0.640. The van der Waals surface area contributed by atoms with Crippen LogP contribution in [0.1, 0.15) is 20.3 Å². The summed E-state index contributed by atoms with van der Waals surface area (Å²) in [6.07, 6.45) is 6.59. The zero-order valence-electron chi connectivity index (χ0n) is 8.03. The summed E-state index contributed by atoms with van der Waals surface area (Å²) < 4.78 is -1.58. The average molecular weight is 274 g/mol. The molecule has 0 heterocycles. The van der Waals surface area contributed by atoms with Crippen LogP contribution in [0.15, 0.2) is 23.8 Å². The molecule has 1 unspecified atom stereocenters. The van der Waals surface area contributed by atoms with Crippen LogP contribution in [0.5, 0.6) is 0 Å². The van der Waals surface area contributed by atoms with Crippen molar-refractivity contribution in [3.8, 4) is 0 Å². The van der Waals surface area contributed by atoms with Gasteiger partial charge >= 0.3 is 0 Å². The molecule has 0 aromatic carbocycles. The first kappa shape index (κ1) is 12.7. The molecular weight excluding hydrogens is 262 g/mol. The van der Waals surface area contributed by atoms with Gasteiger partial charge in [-0.15, -0.1) is 23.2 Å². The minimum atomic E-state index is -0.837. The van der Waals surface area contributed by atoms with E-state index in [1.54, 1.807) is 13.8 Å². The van der Waals surface area contributed by atoms with Crippen molar-refractivity contribution in [1.29, 1.82) is 0 Å². The highest BCUT2D eigenvalue weighted by Crippen LogP contribution is 2.39. The van der Waals surface area contributed by atoms with E-state index >= 15 is 0 Å². The predicted molar refractivity (Wildman–Crippen MR) is 65.6 cm³/mol. The maximum absolute atomic E-state index is 5.99. The Morgan fingerprint density at radius 2 is 1.79 bits per heavy atom. The van der Waals surface area contributed by atoms with E-state index in [1.165, 1.54) is 0 Å². The quantitative estimate of drug-likeness (QED) is 0.630. The Balaban J connectivity index is 2.72. The van der Waals surface area contributed by atoms with Crippen LogP contribution in [0.3, 0.4) is 0 Å². The van der Waals surface area contributed by atoms with Gasteiger partial charge in [0.25, 0.3) is 0 Å². The summed E-state index contributed by atoms with van der Waals surface area (Å²) in [6.45, 7) is 3.53. The molecule has 0 nitrogen and oxygen atoms in total. The Kier molecular flexibility index (Phi) is 3.86. The van der Waals surface area contributed by atoms with Gasteiger partial charge in [-0.05, 0) is 25.8 Å². The second kappa shape index (κ2) is 4.25. The third-order valence-electron chi connectivity index (χ3n) is 2.26. The number of halogens is 4. The van der Waals surface area contributed by atoms with Gasteiger partial charge in [0.05, 0.1) is 0 Å². The molecule has 0 saturated carbocycles. The van der Waals surface area contributed by atoms with Crippen molar-refractivity contribution in [2.75, 3.05) is 0 Å². The van der Waals surface area contributed by atoms with Gasteiger partial charge in [0.2, 0.25) is 0 Å². The molecule has 0 saturated heterocycles. The Morgan fingerprint density at radius 1 is 1.21 bits per heavy atom. The van der Waals surface area contributed by atoms with E-state index in [2.05, 4.69) is 0 Å². The van der Waals surface area contributed by atoms with Gasteiger partial charge in [-0.1, -0.05) is 41.4 Å². The first-order valence-corrected chi connectivity index (χ1v) is 5.87. The summed E-state index contributed by atoms with van der Waals surface area (Å²) in [5, 5.41) is 0. The molecule has 0 spiro atoms. The summed E-state index contributed by atoms with van der Waals surface area (Å²) in [5.74, 6) is 0.116. The molecule has 1 aliphatic rings. The van der Waals surface area contributed by atoms with Crippen molar-refractivity contribution in [3.63, 3.8) is 0 Å². The molecule has 0 N–H and O–H groups in total. The van der Waals surface area contributed by atoms with Crippen LogP contribution in [-0.2, 0) is 0 Å². The number of hydrogen-bond donors (Lipinski definition) is 0. The fraction of sp³-hybridized carbons (Fsp3) is 0.600. The van der Waals surface area contributed by atoms with Crippen LogP contribution in [0, 0.1) is 5.92 Å². The van der Waals surface area contributed by atoms with Crippen molar-refractivity contribution in [3.05, 3.63) is 23.8 Å². The molecule has 0 radical (unpaired) electrons. The van der Waals surface area contributed by atoms with Crippen LogP contribution in [-0.4, -0.2) is 8.67 Å². The van der Waals surface area contributed by atoms with E-state index in [9.17, 15) is 0 Å². The lowest BCUT2D eigenvalue weighted by molar-refractivity contribution is 0.590. The fourth-order valence-electron chi connectivity index (χ4n) is 1.32. The van der Waals surface area contributed by atoms with Gasteiger partial charge in [0.15, 0.2) is 0 Å². The molecule has 14 heavy (non-hydrogen) atoms. The lowest BCUT2D eigenvalue weighted by Crippen LogP contribution is -2.22. The van der Waals surface area contributed by atoms with Crippen molar-refractivity contribution >= 4 is 46.4 Å². The standard InChI is InChI=1S/C10H12Cl4/c1-9(11,12)7-3-5-8(6-4-7)10(2,13)14/h3-5,8H,6H2,1-2H3.